The van der Waals surface area contributed by atoms with Crippen molar-refractivity contribution in [2.45, 2.75) is 19.1 Å². The normalized spacial score (nSPS) is 19.2. The third kappa shape index (κ3) is 2.96. The minimum absolute atomic E-state index is 0.117. The van der Waals surface area contributed by atoms with Gasteiger partial charge in [0.1, 0.15) is 12.5 Å². The van der Waals surface area contributed by atoms with Gasteiger partial charge in [-0.1, -0.05) is 0 Å². The van der Waals surface area contributed by atoms with Gasteiger partial charge < -0.3 is 19.1 Å². The first-order valence-electron chi connectivity index (χ1n) is 7.17. The quantitative estimate of drug-likeness (QED) is 0.800. The Bertz CT molecular complexity index is 510. The predicted octanol–water partition coefficient (Wildman–Crippen LogP) is 2.53. The fourth-order valence-electron chi connectivity index (χ4n) is 2.83. The Balaban J connectivity index is 1.57. The molecule has 0 N–H and O–H groups in total. The molecule has 2 heterocycles. The molecular formula is C16H19NO4. The SMILES string of the molecule is COC(=O)c1ccc(N2CCC(C3OC=CO3)CC2)cc1. The number of anilines is 1. The molecule has 1 aromatic rings. The topological polar surface area (TPSA) is 48.0 Å². The van der Waals surface area contributed by atoms with Gasteiger partial charge >= 0.3 is 5.97 Å². The monoisotopic (exact) mass is 289 g/mol. The summed E-state index contributed by atoms with van der Waals surface area (Å²) in [5, 5.41) is 0. The lowest BCUT2D eigenvalue weighted by atomic mass is 9.95. The van der Waals surface area contributed by atoms with Crippen LogP contribution >= 0.6 is 0 Å². The fraction of sp³-hybridized carbons (Fsp3) is 0.438. The molecule has 112 valence electrons. The zero-order valence-corrected chi connectivity index (χ0v) is 12.0. The Labute approximate surface area is 124 Å². The number of nitrogens with zero attached hydrogens (tertiary/aromatic N) is 1. The number of hydrogen-bond acceptors (Lipinski definition) is 5. The lowest BCUT2D eigenvalue weighted by molar-refractivity contribution is -0.0728. The van der Waals surface area contributed by atoms with E-state index in [9.17, 15) is 4.79 Å². The summed E-state index contributed by atoms with van der Waals surface area (Å²) in [6, 6.07) is 7.55. The molecule has 1 aromatic carbocycles. The van der Waals surface area contributed by atoms with Crippen LogP contribution in [0.15, 0.2) is 36.8 Å². The van der Waals surface area contributed by atoms with E-state index >= 15 is 0 Å². The van der Waals surface area contributed by atoms with Crippen LogP contribution in [0.2, 0.25) is 0 Å². The molecule has 21 heavy (non-hydrogen) atoms. The van der Waals surface area contributed by atoms with Crippen molar-refractivity contribution >= 4 is 11.7 Å². The van der Waals surface area contributed by atoms with Crippen molar-refractivity contribution in [2.75, 3.05) is 25.1 Å². The molecule has 1 fully saturated rings. The third-order valence-electron chi connectivity index (χ3n) is 4.06. The summed E-state index contributed by atoms with van der Waals surface area (Å²) in [6.45, 7) is 1.93. The Morgan fingerprint density at radius 2 is 1.76 bits per heavy atom. The van der Waals surface area contributed by atoms with Crippen LogP contribution < -0.4 is 4.90 Å². The van der Waals surface area contributed by atoms with E-state index in [1.165, 1.54) is 7.11 Å². The van der Waals surface area contributed by atoms with Gasteiger partial charge in [0.15, 0.2) is 0 Å². The van der Waals surface area contributed by atoms with Gasteiger partial charge in [0.25, 0.3) is 0 Å². The number of benzene rings is 1. The van der Waals surface area contributed by atoms with Crippen LogP contribution in [0.4, 0.5) is 5.69 Å². The Morgan fingerprint density at radius 3 is 2.33 bits per heavy atom. The second-order valence-corrected chi connectivity index (χ2v) is 5.28. The average Bonchev–Trinajstić information content (AvgIpc) is 3.09. The first-order chi connectivity index (χ1) is 10.3. The van der Waals surface area contributed by atoms with E-state index in [0.717, 1.165) is 31.6 Å². The molecule has 0 unspecified atom stereocenters. The van der Waals surface area contributed by atoms with Crippen LogP contribution in [-0.2, 0) is 14.2 Å². The van der Waals surface area contributed by atoms with Crippen molar-refractivity contribution in [3.8, 4) is 0 Å². The molecule has 5 nitrogen and oxygen atoms in total. The maximum absolute atomic E-state index is 11.4. The van der Waals surface area contributed by atoms with E-state index < -0.39 is 0 Å². The van der Waals surface area contributed by atoms with Crippen LogP contribution in [-0.4, -0.2) is 32.5 Å². The van der Waals surface area contributed by atoms with E-state index in [-0.39, 0.29) is 12.3 Å². The number of hydrogen-bond donors (Lipinski definition) is 0. The van der Waals surface area contributed by atoms with Crippen molar-refractivity contribution in [1.29, 1.82) is 0 Å². The van der Waals surface area contributed by atoms with Crippen LogP contribution in [0.25, 0.3) is 0 Å². The van der Waals surface area contributed by atoms with Gasteiger partial charge in [-0.15, -0.1) is 0 Å². The third-order valence-corrected chi connectivity index (χ3v) is 4.06. The molecule has 2 aliphatic rings. The van der Waals surface area contributed by atoms with Crippen molar-refractivity contribution < 1.29 is 19.0 Å². The minimum atomic E-state index is -0.303. The van der Waals surface area contributed by atoms with Gasteiger partial charge in [0, 0.05) is 24.7 Å². The number of carbonyl (C=O) groups excluding carboxylic acids is 1. The zero-order valence-electron chi connectivity index (χ0n) is 12.0. The van der Waals surface area contributed by atoms with E-state index in [0.29, 0.717) is 11.5 Å². The smallest absolute Gasteiger partial charge is 0.337 e. The highest BCUT2D eigenvalue weighted by Crippen LogP contribution is 2.29. The molecular weight excluding hydrogens is 270 g/mol. The molecule has 0 spiro atoms. The largest absolute Gasteiger partial charge is 0.465 e. The molecule has 0 aromatic heterocycles. The maximum Gasteiger partial charge on any atom is 0.337 e. The van der Waals surface area contributed by atoms with Crippen LogP contribution in [0, 0.1) is 5.92 Å². The van der Waals surface area contributed by atoms with Crippen molar-refractivity contribution in [2.24, 2.45) is 5.92 Å². The van der Waals surface area contributed by atoms with Gasteiger partial charge in [0.2, 0.25) is 6.29 Å². The minimum Gasteiger partial charge on any atom is -0.465 e. The predicted molar refractivity (Wildman–Crippen MR) is 77.8 cm³/mol. The van der Waals surface area contributed by atoms with E-state index in [4.69, 9.17) is 14.2 Å². The highest BCUT2D eigenvalue weighted by Gasteiger charge is 2.29. The zero-order chi connectivity index (χ0) is 14.7. The number of ether oxygens (including phenoxy) is 3. The number of carbonyl (C=O) groups is 1. The van der Waals surface area contributed by atoms with Gasteiger partial charge in [-0.2, -0.15) is 0 Å². The molecule has 0 radical (unpaired) electrons. The highest BCUT2D eigenvalue weighted by molar-refractivity contribution is 5.89. The summed E-state index contributed by atoms with van der Waals surface area (Å²) in [4.78, 5) is 13.7. The van der Waals surface area contributed by atoms with Crippen LogP contribution in [0.3, 0.4) is 0 Å². The number of piperidine rings is 1. The summed E-state index contributed by atoms with van der Waals surface area (Å²) < 4.78 is 15.5. The molecule has 2 aliphatic heterocycles. The molecule has 1 saturated heterocycles. The summed E-state index contributed by atoms with van der Waals surface area (Å²) in [5.41, 5.74) is 1.71. The first-order valence-corrected chi connectivity index (χ1v) is 7.17. The number of esters is 1. The highest BCUT2D eigenvalue weighted by atomic mass is 16.7. The van der Waals surface area contributed by atoms with Gasteiger partial charge in [-0.25, -0.2) is 4.79 Å². The summed E-state index contributed by atoms with van der Waals surface area (Å²) in [5.74, 6) is 0.133. The fourth-order valence-corrected chi connectivity index (χ4v) is 2.83. The van der Waals surface area contributed by atoms with Gasteiger partial charge in [-0.3, -0.25) is 0 Å². The molecule has 0 saturated carbocycles. The van der Waals surface area contributed by atoms with Crippen LogP contribution in [0.5, 0.6) is 0 Å². The second kappa shape index (κ2) is 6.08. The summed E-state index contributed by atoms with van der Waals surface area (Å²) in [6.07, 6.45) is 5.18. The number of methoxy groups -OCH3 is 1. The molecule has 0 aliphatic carbocycles. The Kier molecular flexibility index (Phi) is 3.99. The summed E-state index contributed by atoms with van der Waals surface area (Å²) in [7, 11) is 1.39. The van der Waals surface area contributed by atoms with Gasteiger partial charge in [0.05, 0.1) is 12.7 Å². The average molecular weight is 289 g/mol. The molecule has 0 amide bonds. The van der Waals surface area contributed by atoms with Gasteiger partial charge in [-0.05, 0) is 37.1 Å². The lowest BCUT2D eigenvalue weighted by Crippen LogP contribution is -2.38. The standard InChI is InChI=1S/C16H19NO4/c1-19-15(18)12-2-4-14(5-3-12)17-8-6-13(7-9-17)16-20-10-11-21-16/h2-5,10-11,13,16H,6-9H2,1H3. The van der Waals surface area contributed by atoms with Crippen molar-refractivity contribution in [1.82, 2.24) is 0 Å². The molecule has 5 heteroatoms. The molecule has 0 bridgehead atoms. The van der Waals surface area contributed by atoms with Crippen molar-refractivity contribution in [3.63, 3.8) is 0 Å². The first kappa shape index (κ1) is 13.8. The van der Waals surface area contributed by atoms with E-state index in [1.807, 2.05) is 12.1 Å². The Hall–Kier alpha value is -2.17. The molecule has 3 rings (SSSR count). The number of rotatable bonds is 3. The molecule has 0 atom stereocenters. The Morgan fingerprint density at radius 1 is 1.14 bits per heavy atom. The summed E-state index contributed by atoms with van der Waals surface area (Å²) >= 11 is 0. The van der Waals surface area contributed by atoms with E-state index in [2.05, 4.69) is 4.90 Å². The van der Waals surface area contributed by atoms with E-state index in [1.54, 1.807) is 24.7 Å². The second-order valence-electron chi connectivity index (χ2n) is 5.28. The van der Waals surface area contributed by atoms with Crippen LogP contribution in [0.1, 0.15) is 23.2 Å². The maximum atomic E-state index is 11.4. The van der Waals surface area contributed by atoms with Crippen molar-refractivity contribution in [3.05, 3.63) is 42.4 Å². The lowest BCUT2D eigenvalue weighted by Gasteiger charge is -2.35.